The van der Waals surface area contributed by atoms with Crippen LogP contribution in [0.25, 0.3) is 6.08 Å². The first kappa shape index (κ1) is 9.92. The standard InChI is InChI=1S/C9H8BrNO2/c1-13-9(12)7-2-3-8(4-5-10)11-6-7/h2-6H,1H3/b5-4+. The van der Waals surface area contributed by atoms with E-state index in [9.17, 15) is 4.79 Å². The first-order valence-electron chi connectivity index (χ1n) is 3.59. The van der Waals surface area contributed by atoms with Crippen molar-refractivity contribution in [1.82, 2.24) is 4.98 Å². The Labute approximate surface area is 84.6 Å². The Hall–Kier alpha value is -1.16. The van der Waals surface area contributed by atoms with Gasteiger partial charge in [-0.2, -0.15) is 0 Å². The highest BCUT2D eigenvalue weighted by atomic mass is 79.9. The minimum atomic E-state index is -0.373. The second-order valence-electron chi connectivity index (χ2n) is 2.26. The molecule has 0 amide bonds. The number of methoxy groups -OCH3 is 1. The molecule has 0 radical (unpaired) electrons. The van der Waals surface area contributed by atoms with E-state index in [-0.39, 0.29) is 5.97 Å². The zero-order valence-corrected chi connectivity index (χ0v) is 8.61. The van der Waals surface area contributed by atoms with E-state index in [1.54, 1.807) is 23.2 Å². The fourth-order valence-electron chi connectivity index (χ4n) is 0.807. The second kappa shape index (κ2) is 4.77. The van der Waals surface area contributed by atoms with Crippen LogP contribution in [-0.4, -0.2) is 18.1 Å². The molecule has 0 atom stereocenters. The highest BCUT2D eigenvalue weighted by molar-refractivity contribution is 9.11. The summed E-state index contributed by atoms with van der Waals surface area (Å²) in [5.41, 5.74) is 1.23. The highest BCUT2D eigenvalue weighted by Gasteiger charge is 2.03. The Kier molecular flexibility index (Phi) is 3.64. The number of nitrogens with zero attached hydrogens (tertiary/aromatic N) is 1. The van der Waals surface area contributed by atoms with Crippen LogP contribution in [0.5, 0.6) is 0 Å². The molecular weight excluding hydrogens is 234 g/mol. The van der Waals surface area contributed by atoms with E-state index in [2.05, 4.69) is 25.7 Å². The molecule has 0 aliphatic carbocycles. The quantitative estimate of drug-likeness (QED) is 0.746. The van der Waals surface area contributed by atoms with Crippen molar-refractivity contribution >= 4 is 28.0 Å². The van der Waals surface area contributed by atoms with Crippen LogP contribution in [-0.2, 0) is 4.74 Å². The third-order valence-electron chi connectivity index (χ3n) is 1.44. The fourth-order valence-corrected chi connectivity index (χ4v) is 1.08. The average molecular weight is 242 g/mol. The zero-order chi connectivity index (χ0) is 9.68. The summed E-state index contributed by atoms with van der Waals surface area (Å²) in [4.78, 5) is 16.7. The van der Waals surface area contributed by atoms with Crippen LogP contribution in [0, 0.1) is 0 Å². The van der Waals surface area contributed by atoms with Gasteiger partial charge in [0.05, 0.1) is 18.4 Å². The molecule has 0 saturated heterocycles. The summed E-state index contributed by atoms with van der Waals surface area (Å²) in [6.45, 7) is 0. The minimum Gasteiger partial charge on any atom is -0.465 e. The summed E-state index contributed by atoms with van der Waals surface area (Å²) in [6.07, 6.45) is 3.26. The maximum atomic E-state index is 11.0. The highest BCUT2D eigenvalue weighted by Crippen LogP contribution is 2.04. The normalized spacial score (nSPS) is 10.3. The van der Waals surface area contributed by atoms with Crippen molar-refractivity contribution in [2.24, 2.45) is 0 Å². The molecule has 4 heteroatoms. The van der Waals surface area contributed by atoms with E-state index in [1.807, 2.05) is 0 Å². The van der Waals surface area contributed by atoms with E-state index in [1.165, 1.54) is 13.3 Å². The number of ether oxygens (including phenoxy) is 1. The monoisotopic (exact) mass is 241 g/mol. The van der Waals surface area contributed by atoms with Crippen LogP contribution in [0.3, 0.4) is 0 Å². The van der Waals surface area contributed by atoms with Gasteiger partial charge in [0.2, 0.25) is 0 Å². The van der Waals surface area contributed by atoms with Crippen LogP contribution >= 0.6 is 15.9 Å². The number of carbonyl (C=O) groups is 1. The molecule has 3 nitrogen and oxygen atoms in total. The topological polar surface area (TPSA) is 39.2 Å². The van der Waals surface area contributed by atoms with Gasteiger partial charge in [0, 0.05) is 6.20 Å². The molecule has 0 spiro atoms. The van der Waals surface area contributed by atoms with Crippen LogP contribution in [0.4, 0.5) is 0 Å². The number of hydrogen-bond donors (Lipinski definition) is 0. The van der Waals surface area contributed by atoms with E-state index >= 15 is 0 Å². The maximum Gasteiger partial charge on any atom is 0.339 e. The van der Waals surface area contributed by atoms with Crippen molar-refractivity contribution in [2.45, 2.75) is 0 Å². The number of pyridine rings is 1. The van der Waals surface area contributed by atoms with Gasteiger partial charge in [-0.05, 0) is 23.2 Å². The van der Waals surface area contributed by atoms with E-state index < -0.39 is 0 Å². The van der Waals surface area contributed by atoms with Gasteiger partial charge in [-0.15, -0.1) is 0 Å². The molecule has 0 N–H and O–H groups in total. The van der Waals surface area contributed by atoms with Gasteiger partial charge in [-0.1, -0.05) is 15.9 Å². The van der Waals surface area contributed by atoms with Gasteiger partial charge in [0.1, 0.15) is 0 Å². The van der Waals surface area contributed by atoms with Crippen molar-refractivity contribution in [1.29, 1.82) is 0 Å². The summed E-state index contributed by atoms with van der Waals surface area (Å²) >= 11 is 3.14. The molecule has 1 aromatic heterocycles. The lowest BCUT2D eigenvalue weighted by Gasteiger charge is -1.97. The predicted octanol–water partition coefficient (Wildman–Crippen LogP) is 2.23. The lowest BCUT2D eigenvalue weighted by Crippen LogP contribution is -2.01. The Morgan fingerprint density at radius 3 is 2.85 bits per heavy atom. The first-order chi connectivity index (χ1) is 6.27. The maximum absolute atomic E-state index is 11.0. The van der Waals surface area contributed by atoms with Crippen molar-refractivity contribution in [3.8, 4) is 0 Å². The summed E-state index contributed by atoms with van der Waals surface area (Å²) in [5, 5.41) is 0. The van der Waals surface area contributed by atoms with E-state index in [0.29, 0.717) is 5.56 Å². The Balaban J connectivity index is 2.87. The lowest BCUT2D eigenvalue weighted by atomic mass is 10.2. The number of rotatable bonds is 2. The molecule has 0 fully saturated rings. The summed E-state index contributed by atoms with van der Waals surface area (Å²) in [5.74, 6) is -0.373. The molecule has 1 aromatic rings. The zero-order valence-electron chi connectivity index (χ0n) is 7.03. The summed E-state index contributed by atoms with van der Waals surface area (Å²) in [7, 11) is 1.34. The van der Waals surface area contributed by atoms with Gasteiger partial charge in [0.15, 0.2) is 0 Å². The molecule has 0 aliphatic heterocycles. The molecule has 0 unspecified atom stereocenters. The van der Waals surface area contributed by atoms with Gasteiger partial charge < -0.3 is 4.74 Å². The van der Waals surface area contributed by atoms with Crippen molar-refractivity contribution in [3.63, 3.8) is 0 Å². The number of carbonyl (C=O) groups excluding carboxylic acids is 1. The average Bonchev–Trinajstić information content (AvgIpc) is 2.18. The van der Waals surface area contributed by atoms with Crippen LogP contribution < -0.4 is 0 Å². The predicted molar refractivity (Wildman–Crippen MR) is 53.5 cm³/mol. The van der Waals surface area contributed by atoms with Crippen LogP contribution in [0.1, 0.15) is 16.1 Å². The molecule has 13 heavy (non-hydrogen) atoms. The fraction of sp³-hybridized carbons (Fsp3) is 0.111. The van der Waals surface area contributed by atoms with Crippen molar-refractivity contribution < 1.29 is 9.53 Å². The number of esters is 1. The molecule has 1 heterocycles. The SMILES string of the molecule is COC(=O)c1ccc(/C=C/Br)nc1. The Morgan fingerprint density at radius 2 is 2.38 bits per heavy atom. The van der Waals surface area contributed by atoms with Crippen molar-refractivity contribution in [2.75, 3.05) is 7.11 Å². The molecule has 68 valence electrons. The lowest BCUT2D eigenvalue weighted by molar-refractivity contribution is 0.0600. The third kappa shape index (κ3) is 2.66. The number of aromatic nitrogens is 1. The number of halogens is 1. The molecule has 0 aliphatic rings. The minimum absolute atomic E-state index is 0.373. The smallest absolute Gasteiger partial charge is 0.339 e. The van der Waals surface area contributed by atoms with Crippen LogP contribution in [0.2, 0.25) is 0 Å². The Morgan fingerprint density at radius 1 is 1.62 bits per heavy atom. The van der Waals surface area contributed by atoms with Gasteiger partial charge in [0.25, 0.3) is 0 Å². The van der Waals surface area contributed by atoms with Crippen molar-refractivity contribution in [3.05, 3.63) is 34.6 Å². The summed E-state index contributed by atoms with van der Waals surface area (Å²) < 4.78 is 4.53. The van der Waals surface area contributed by atoms with E-state index in [0.717, 1.165) is 5.69 Å². The second-order valence-corrected chi connectivity index (χ2v) is 2.78. The molecular formula is C9H8BrNO2. The summed E-state index contributed by atoms with van der Waals surface area (Å²) in [6, 6.07) is 3.41. The van der Waals surface area contributed by atoms with Gasteiger partial charge >= 0.3 is 5.97 Å². The first-order valence-corrected chi connectivity index (χ1v) is 4.50. The number of hydrogen-bond acceptors (Lipinski definition) is 3. The largest absolute Gasteiger partial charge is 0.465 e. The Bertz CT molecular complexity index is 319. The van der Waals surface area contributed by atoms with Gasteiger partial charge in [-0.3, -0.25) is 4.98 Å². The molecule has 0 aromatic carbocycles. The molecule has 1 rings (SSSR count). The molecule has 0 bridgehead atoms. The van der Waals surface area contributed by atoms with Gasteiger partial charge in [-0.25, -0.2) is 4.79 Å². The van der Waals surface area contributed by atoms with E-state index in [4.69, 9.17) is 0 Å². The third-order valence-corrected chi connectivity index (χ3v) is 1.71. The molecule has 0 saturated carbocycles. The van der Waals surface area contributed by atoms with Crippen LogP contribution in [0.15, 0.2) is 23.3 Å².